The number of thioether (sulfide) groups is 1. The summed E-state index contributed by atoms with van der Waals surface area (Å²) < 4.78 is 1.67. The van der Waals surface area contributed by atoms with Crippen LogP contribution in [-0.4, -0.2) is 26.4 Å². The molecule has 1 atom stereocenters. The van der Waals surface area contributed by atoms with E-state index in [2.05, 4.69) is 17.1 Å². The molecule has 0 bridgehead atoms. The van der Waals surface area contributed by atoms with Gasteiger partial charge in [0.1, 0.15) is 0 Å². The van der Waals surface area contributed by atoms with E-state index in [9.17, 15) is 4.79 Å². The molecule has 1 N–H and O–H groups in total. The summed E-state index contributed by atoms with van der Waals surface area (Å²) in [6, 6.07) is 0. The summed E-state index contributed by atoms with van der Waals surface area (Å²) in [5.74, 6) is 1.95. The zero-order valence-corrected chi connectivity index (χ0v) is 10.6. The first-order valence-corrected chi connectivity index (χ1v) is 6.55. The van der Waals surface area contributed by atoms with E-state index in [-0.39, 0.29) is 5.69 Å². The quantitative estimate of drug-likeness (QED) is 0.619. The Hall–Kier alpha value is -0.420. The standard InChI is InChI=1S/C9H16ClN3OS/c1-3-4-13-8(14)11-12-9(13)15-6-7(2)5-10/h7H,3-6H2,1-2H3,(H,11,14). The lowest BCUT2D eigenvalue weighted by molar-refractivity contribution is 0.602. The first-order valence-electron chi connectivity index (χ1n) is 5.03. The number of aromatic amines is 1. The van der Waals surface area contributed by atoms with Crippen molar-refractivity contribution in [3.05, 3.63) is 10.5 Å². The molecule has 1 aromatic rings. The lowest BCUT2D eigenvalue weighted by Crippen LogP contribution is -2.17. The highest BCUT2D eigenvalue weighted by Crippen LogP contribution is 2.17. The maximum atomic E-state index is 11.3. The van der Waals surface area contributed by atoms with E-state index in [1.807, 2.05) is 6.92 Å². The van der Waals surface area contributed by atoms with E-state index < -0.39 is 0 Å². The summed E-state index contributed by atoms with van der Waals surface area (Å²) in [4.78, 5) is 11.3. The molecule has 86 valence electrons. The van der Waals surface area contributed by atoms with Gasteiger partial charge in [0, 0.05) is 18.2 Å². The van der Waals surface area contributed by atoms with Gasteiger partial charge >= 0.3 is 5.69 Å². The van der Waals surface area contributed by atoms with Gasteiger partial charge in [-0.15, -0.1) is 16.7 Å². The van der Waals surface area contributed by atoms with Gasteiger partial charge in [0.2, 0.25) is 0 Å². The maximum absolute atomic E-state index is 11.3. The smallest absolute Gasteiger partial charge is 0.270 e. The molecule has 1 heterocycles. The molecule has 0 radical (unpaired) electrons. The predicted molar refractivity (Wildman–Crippen MR) is 63.7 cm³/mol. The first kappa shape index (κ1) is 12.6. The van der Waals surface area contributed by atoms with Crippen molar-refractivity contribution in [1.29, 1.82) is 0 Å². The number of nitrogens with one attached hydrogen (secondary N) is 1. The number of alkyl halides is 1. The Kier molecular flexibility index (Phi) is 5.25. The highest BCUT2D eigenvalue weighted by molar-refractivity contribution is 7.99. The highest BCUT2D eigenvalue weighted by Gasteiger charge is 2.09. The normalized spacial score (nSPS) is 13.0. The van der Waals surface area contributed by atoms with Crippen molar-refractivity contribution in [3.8, 4) is 0 Å². The van der Waals surface area contributed by atoms with Crippen molar-refractivity contribution >= 4 is 23.4 Å². The number of rotatable bonds is 6. The molecule has 0 fully saturated rings. The molecular formula is C9H16ClN3OS. The molecule has 0 spiro atoms. The van der Waals surface area contributed by atoms with Gasteiger partial charge < -0.3 is 0 Å². The second-order valence-corrected chi connectivity index (χ2v) is 4.83. The molecule has 0 aliphatic heterocycles. The van der Waals surface area contributed by atoms with E-state index in [0.717, 1.165) is 17.3 Å². The van der Waals surface area contributed by atoms with E-state index in [1.165, 1.54) is 0 Å². The van der Waals surface area contributed by atoms with Crippen LogP contribution < -0.4 is 5.69 Å². The summed E-state index contributed by atoms with van der Waals surface area (Å²) in [5.41, 5.74) is -0.127. The average Bonchev–Trinajstić information content (AvgIpc) is 2.58. The largest absolute Gasteiger partial charge is 0.343 e. The Morgan fingerprint density at radius 1 is 1.67 bits per heavy atom. The van der Waals surface area contributed by atoms with Crippen molar-refractivity contribution in [1.82, 2.24) is 14.8 Å². The monoisotopic (exact) mass is 249 g/mol. The minimum atomic E-state index is -0.127. The van der Waals surface area contributed by atoms with Crippen LogP contribution >= 0.6 is 23.4 Å². The van der Waals surface area contributed by atoms with E-state index in [4.69, 9.17) is 11.6 Å². The summed E-state index contributed by atoms with van der Waals surface area (Å²) in [5, 5.41) is 7.22. The van der Waals surface area contributed by atoms with Crippen molar-refractivity contribution in [2.45, 2.75) is 32.0 Å². The van der Waals surface area contributed by atoms with Gasteiger partial charge in [0.05, 0.1) is 0 Å². The lowest BCUT2D eigenvalue weighted by atomic mass is 10.3. The van der Waals surface area contributed by atoms with Crippen molar-refractivity contribution in [2.75, 3.05) is 11.6 Å². The zero-order valence-electron chi connectivity index (χ0n) is 8.99. The SMILES string of the molecule is CCCn1c(SCC(C)CCl)n[nH]c1=O. The zero-order chi connectivity index (χ0) is 11.3. The number of halogens is 1. The molecule has 0 aliphatic rings. The third-order valence-corrected chi connectivity index (χ3v) is 3.76. The van der Waals surface area contributed by atoms with E-state index in [1.54, 1.807) is 16.3 Å². The van der Waals surface area contributed by atoms with Gasteiger partial charge in [-0.1, -0.05) is 25.6 Å². The van der Waals surface area contributed by atoms with Crippen LogP contribution in [0.2, 0.25) is 0 Å². The molecule has 4 nitrogen and oxygen atoms in total. The highest BCUT2D eigenvalue weighted by atomic mass is 35.5. The van der Waals surface area contributed by atoms with Crippen LogP contribution in [0.5, 0.6) is 0 Å². The lowest BCUT2D eigenvalue weighted by Gasteiger charge is -2.06. The number of hydrogen-bond donors (Lipinski definition) is 1. The van der Waals surface area contributed by atoms with Gasteiger partial charge in [0.15, 0.2) is 5.16 Å². The molecule has 6 heteroatoms. The number of H-pyrrole nitrogens is 1. The molecule has 0 aliphatic carbocycles. The van der Waals surface area contributed by atoms with E-state index in [0.29, 0.717) is 18.3 Å². The van der Waals surface area contributed by atoms with Crippen molar-refractivity contribution in [3.63, 3.8) is 0 Å². The molecule has 0 aromatic carbocycles. The Balaban J connectivity index is 2.64. The second kappa shape index (κ2) is 6.23. The maximum Gasteiger partial charge on any atom is 0.343 e. The van der Waals surface area contributed by atoms with Gasteiger partial charge in [-0.3, -0.25) is 4.57 Å². The fourth-order valence-electron chi connectivity index (χ4n) is 1.10. The Labute approximate surface area is 98.4 Å². The molecule has 0 saturated carbocycles. The fraction of sp³-hybridized carbons (Fsp3) is 0.778. The number of nitrogens with zero attached hydrogens (tertiary/aromatic N) is 2. The van der Waals surface area contributed by atoms with Crippen LogP contribution in [0.15, 0.2) is 9.95 Å². The summed E-state index contributed by atoms with van der Waals surface area (Å²) >= 11 is 7.29. The van der Waals surface area contributed by atoms with Crippen LogP contribution in [0.4, 0.5) is 0 Å². The van der Waals surface area contributed by atoms with Gasteiger partial charge in [-0.25, -0.2) is 9.89 Å². The molecular weight excluding hydrogens is 234 g/mol. The summed E-state index contributed by atoms with van der Waals surface area (Å²) in [7, 11) is 0. The predicted octanol–water partition coefficient (Wildman–Crippen LogP) is 1.95. The van der Waals surface area contributed by atoms with Crippen molar-refractivity contribution in [2.24, 2.45) is 5.92 Å². The molecule has 15 heavy (non-hydrogen) atoms. The third-order valence-electron chi connectivity index (χ3n) is 1.93. The fourth-order valence-corrected chi connectivity index (χ4v) is 2.33. The topological polar surface area (TPSA) is 50.7 Å². The van der Waals surface area contributed by atoms with Crippen LogP contribution in [0.25, 0.3) is 0 Å². The first-order chi connectivity index (χ1) is 7.19. The minimum absolute atomic E-state index is 0.127. The molecule has 0 amide bonds. The molecule has 1 rings (SSSR count). The Morgan fingerprint density at radius 3 is 3.00 bits per heavy atom. The Morgan fingerprint density at radius 2 is 2.40 bits per heavy atom. The van der Waals surface area contributed by atoms with Crippen molar-refractivity contribution < 1.29 is 0 Å². The minimum Gasteiger partial charge on any atom is -0.270 e. The molecule has 0 saturated heterocycles. The van der Waals surface area contributed by atoms with Crippen LogP contribution in [0, 0.1) is 5.92 Å². The third kappa shape index (κ3) is 3.57. The van der Waals surface area contributed by atoms with E-state index >= 15 is 0 Å². The second-order valence-electron chi connectivity index (χ2n) is 3.53. The van der Waals surface area contributed by atoms with Gasteiger partial charge in [-0.2, -0.15) is 0 Å². The van der Waals surface area contributed by atoms with Gasteiger partial charge in [0.25, 0.3) is 0 Å². The number of aromatic nitrogens is 3. The van der Waals surface area contributed by atoms with Gasteiger partial charge in [-0.05, 0) is 12.3 Å². The Bertz CT molecular complexity index is 349. The molecule has 1 unspecified atom stereocenters. The summed E-state index contributed by atoms with van der Waals surface area (Å²) in [6.45, 7) is 4.83. The van der Waals surface area contributed by atoms with Crippen LogP contribution in [0.3, 0.4) is 0 Å². The summed E-state index contributed by atoms with van der Waals surface area (Å²) in [6.07, 6.45) is 0.929. The molecule has 1 aromatic heterocycles. The average molecular weight is 250 g/mol. The number of hydrogen-bond acceptors (Lipinski definition) is 3. The van der Waals surface area contributed by atoms with Crippen LogP contribution in [-0.2, 0) is 6.54 Å². The van der Waals surface area contributed by atoms with Crippen LogP contribution in [0.1, 0.15) is 20.3 Å².